The highest BCUT2D eigenvalue weighted by molar-refractivity contribution is 5.88. The summed E-state index contributed by atoms with van der Waals surface area (Å²) < 4.78 is 16.1. The number of aryl methyl sites for hydroxylation is 1. The van der Waals surface area contributed by atoms with Crippen LogP contribution in [-0.2, 0) is 30.3 Å². The zero-order valence-electron chi connectivity index (χ0n) is 21.0. The minimum Gasteiger partial charge on any atom is -0.494 e. The first-order valence-corrected chi connectivity index (χ1v) is 12.0. The highest BCUT2D eigenvalue weighted by Gasteiger charge is 2.35. The molecule has 0 aliphatic heterocycles. The smallest absolute Gasteiger partial charge is 0.302 e. The summed E-state index contributed by atoms with van der Waals surface area (Å²) in [6.07, 6.45) is 0.953. The second-order valence-corrected chi connectivity index (χ2v) is 9.06. The Morgan fingerprint density at radius 3 is 2.11 bits per heavy atom. The fourth-order valence-corrected chi connectivity index (χ4v) is 4.23. The quantitative estimate of drug-likeness (QED) is 0.364. The van der Waals surface area contributed by atoms with Crippen LogP contribution in [0.4, 0.5) is 0 Å². The first-order valence-electron chi connectivity index (χ1n) is 12.0. The van der Waals surface area contributed by atoms with Crippen molar-refractivity contribution in [2.75, 3.05) is 19.8 Å². The Morgan fingerprint density at radius 1 is 0.833 bits per heavy atom. The Morgan fingerprint density at radius 2 is 1.47 bits per heavy atom. The number of esters is 2. The van der Waals surface area contributed by atoms with Gasteiger partial charge in [0, 0.05) is 25.7 Å². The number of primary amides is 1. The van der Waals surface area contributed by atoms with E-state index < -0.39 is 23.3 Å². The van der Waals surface area contributed by atoms with Gasteiger partial charge in [-0.2, -0.15) is 0 Å². The fraction of sp³-hybridized carbons (Fsp3) is 0.345. The molecule has 0 saturated heterocycles. The first-order chi connectivity index (χ1) is 17.2. The van der Waals surface area contributed by atoms with E-state index in [1.807, 2.05) is 37.3 Å². The van der Waals surface area contributed by atoms with E-state index in [9.17, 15) is 14.4 Å². The number of carbonyl (C=O) groups excluding carboxylic acids is 3. The lowest BCUT2D eigenvalue weighted by atomic mass is 9.80. The summed E-state index contributed by atoms with van der Waals surface area (Å²) in [6, 6.07) is 20.5. The van der Waals surface area contributed by atoms with Gasteiger partial charge in [-0.05, 0) is 65.4 Å². The Balaban J connectivity index is 1.83. The maximum absolute atomic E-state index is 11.9. The van der Waals surface area contributed by atoms with Crippen LogP contribution >= 0.6 is 0 Å². The molecule has 0 unspecified atom stereocenters. The molecular formula is C29H33NO6. The molecule has 0 saturated carbocycles. The summed E-state index contributed by atoms with van der Waals surface area (Å²) in [6.45, 7) is 5.06. The molecule has 0 radical (unpaired) electrons. The third-order valence-electron chi connectivity index (χ3n) is 6.04. The minimum atomic E-state index is -0.902. The van der Waals surface area contributed by atoms with Gasteiger partial charge < -0.3 is 19.9 Å². The van der Waals surface area contributed by atoms with Crippen molar-refractivity contribution >= 4 is 28.6 Å². The molecule has 0 atom stereocenters. The summed E-state index contributed by atoms with van der Waals surface area (Å²) >= 11 is 0. The van der Waals surface area contributed by atoms with E-state index in [1.165, 1.54) is 13.8 Å². The summed E-state index contributed by atoms with van der Waals surface area (Å²) in [5.41, 5.74) is 7.78. The van der Waals surface area contributed by atoms with Crippen molar-refractivity contribution in [2.24, 2.45) is 11.1 Å². The largest absolute Gasteiger partial charge is 0.494 e. The highest BCUT2D eigenvalue weighted by Crippen LogP contribution is 2.32. The third-order valence-corrected chi connectivity index (χ3v) is 6.04. The number of carbonyl (C=O) groups is 3. The van der Waals surface area contributed by atoms with Crippen LogP contribution in [0.15, 0.2) is 60.7 Å². The zero-order valence-corrected chi connectivity index (χ0v) is 21.0. The van der Waals surface area contributed by atoms with Gasteiger partial charge in [-0.3, -0.25) is 14.4 Å². The van der Waals surface area contributed by atoms with Crippen LogP contribution in [-0.4, -0.2) is 37.7 Å². The summed E-state index contributed by atoms with van der Waals surface area (Å²) in [4.78, 5) is 34.8. The van der Waals surface area contributed by atoms with Crippen molar-refractivity contribution in [2.45, 2.75) is 40.0 Å². The number of benzene rings is 3. The van der Waals surface area contributed by atoms with Crippen LogP contribution < -0.4 is 10.5 Å². The van der Waals surface area contributed by atoms with Crippen molar-refractivity contribution in [3.8, 4) is 16.9 Å². The molecule has 1 amide bonds. The van der Waals surface area contributed by atoms with Crippen molar-refractivity contribution in [3.63, 3.8) is 0 Å². The number of nitrogens with two attached hydrogens (primary N) is 1. The number of ether oxygens (including phenoxy) is 3. The molecule has 0 heterocycles. The average Bonchev–Trinajstić information content (AvgIpc) is 2.84. The number of fused-ring (bicyclic) bond motifs is 1. The third kappa shape index (κ3) is 7.57. The molecule has 0 aliphatic rings. The van der Waals surface area contributed by atoms with Gasteiger partial charge in [-0.15, -0.1) is 0 Å². The molecule has 0 aliphatic carbocycles. The lowest BCUT2D eigenvalue weighted by Gasteiger charge is -2.31. The number of hydrogen-bond donors (Lipinski definition) is 1. The summed E-state index contributed by atoms with van der Waals surface area (Å²) in [5.74, 6) is -0.648. The van der Waals surface area contributed by atoms with Crippen molar-refractivity contribution in [1.29, 1.82) is 0 Å². The van der Waals surface area contributed by atoms with Gasteiger partial charge in [0.25, 0.3) is 0 Å². The predicted molar refractivity (Wildman–Crippen MR) is 138 cm³/mol. The molecule has 0 fully saturated rings. The van der Waals surface area contributed by atoms with E-state index in [4.69, 9.17) is 19.9 Å². The molecule has 3 aromatic rings. The van der Waals surface area contributed by atoms with Gasteiger partial charge in [0.2, 0.25) is 5.91 Å². The van der Waals surface area contributed by atoms with E-state index in [0.29, 0.717) is 19.4 Å². The number of rotatable bonds is 12. The van der Waals surface area contributed by atoms with Crippen molar-refractivity contribution in [3.05, 3.63) is 66.2 Å². The van der Waals surface area contributed by atoms with Gasteiger partial charge in [-0.1, -0.05) is 42.5 Å². The number of amides is 1. The van der Waals surface area contributed by atoms with E-state index in [-0.39, 0.29) is 19.6 Å². The second kappa shape index (κ2) is 12.2. The van der Waals surface area contributed by atoms with Gasteiger partial charge >= 0.3 is 11.9 Å². The summed E-state index contributed by atoms with van der Waals surface area (Å²) in [7, 11) is 0. The van der Waals surface area contributed by atoms with Crippen LogP contribution in [0.5, 0.6) is 5.75 Å². The zero-order chi connectivity index (χ0) is 26.1. The molecule has 7 heteroatoms. The molecule has 7 nitrogen and oxygen atoms in total. The van der Waals surface area contributed by atoms with Crippen LogP contribution in [0.3, 0.4) is 0 Å². The van der Waals surface area contributed by atoms with E-state index in [0.717, 1.165) is 33.2 Å². The molecule has 36 heavy (non-hydrogen) atoms. The first kappa shape index (κ1) is 26.7. The van der Waals surface area contributed by atoms with Gasteiger partial charge in [0.1, 0.15) is 19.0 Å². The summed E-state index contributed by atoms with van der Waals surface area (Å²) in [5, 5.41) is 2.22. The molecular weight excluding hydrogens is 458 g/mol. The lowest BCUT2D eigenvalue weighted by Crippen LogP contribution is -2.38. The van der Waals surface area contributed by atoms with Gasteiger partial charge in [0.15, 0.2) is 0 Å². The van der Waals surface area contributed by atoms with Crippen LogP contribution in [0.1, 0.15) is 39.2 Å². The van der Waals surface area contributed by atoms with E-state index >= 15 is 0 Å². The van der Waals surface area contributed by atoms with Crippen LogP contribution in [0, 0.1) is 5.41 Å². The molecule has 0 spiro atoms. The van der Waals surface area contributed by atoms with E-state index in [2.05, 4.69) is 30.3 Å². The Bertz CT molecular complexity index is 1220. The molecule has 0 aromatic heterocycles. The molecule has 3 aromatic carbocycles. The number of hydrogen-bond acceptors (Lipinski definition) is 6. The standard InChI is InChI=1S/C29H33NO6/c1-4-34-27-11-10-25-15-24(8-9-26(25)16-27)23-7-5-6-22(14-23)12-13-29(17-28(30)33,18-35-20(2)31)19-36-21(3)32/h5-11,14-16H,4,12-13,17-19H2,1-3H3,(H2,30,33). The SMILES string of the molecule is CCOc1ccc2cc(-c3cccc(CCC(COC(C)=O)(COC(C)=O)CC(N)=O)c3)ccc2c1. The Hall–Kier alpha value is -3.87. The highest BCUT2D eigenvalue weighted by atomic mass is 16.5. The fourth-order valence-electron chi connectivity index (χ4n) is 4.23. The lowest BCUT2D eigenvalue weighted by molar-refractivity contribution is -0.154. The second-order valence-electron chi connectivity index (χ2n) is 9.06. The van der Waals surface area contributed by atoms with Gasteiger partial charge in [0.05, 0.1) is 6.61 Å². The Kier molecular flexibility index (Phi) is 9.06. The van der Waals surface area contributed by atoms with Crippen LogP contribution in [0.2, 0.25) is 0 Å². The maximum atomic E-state index is 11.9. The molecule has 0 bridgehead atoms. The minimum absolute atomic E-state index is 0.0628. The van der Waals surface area contributed by atoms with E-state index in [1.54, 1.807) is 0 Å². The van der Waals surface area contributed by atoms with Crippen LogP contribution in [0.25, 0.3) is 21.9 Å². The van der Waals surface area contributed by atoms with Crippen molar-refractivity contribution in [1.82, 2.24) is 0 Å². The Labute approximate surface area is 211 Å². The van der Waals surface area contributed by atoms with Gasteiger partial charge in [-0.25, -0.2) is 0 Å². The monoisotopic (exact) mass is 491 g/mol. The maximum Gasteiger partial charge on any atom is 0.302 e. The topological polar surface area (TPSA) is 105 Å². The molecule has 2 N–H and O–H groups in total. The molecule has 3 rings (SSSR count). The normalized spacial score (nSPS) is 11.2. The van der Waals surface area contributed by atoms with Crippen molar-refractivity contribution < 1.29 is 28.6 Å². The predicted octanol–water partition coefficient (Wildman–Crippen LogP) is 4.83. The molecule has 190 valence electrons. The average molecular weight is 492 g/mol.